The molecular formula is C11H19NOS. The van der Waals surface area contributed by atoms with Crippen molar-refractivity contribution in [3.63, 3.8) is 0 Å². The zero-order valence-corrected chi connectivity index (χ0v) is 9.34. The van der Waals surface area contributed by atoms with E-state index in [0.717, 1.165) is 30.5 Å². The molecule has 0 aromatic rings. The summed E-state index contributed by atoms with van der Waals surface area (Å²) in [6.07, 6.45) is 8.40. The summed E-state index contributed by atoms with van der Waals surface area (Å²) in [6, 6.07) is 0.243. The fourth-order valence-corrected chi connectivity index (χ4v) is 3.11. The summed E-state index contributed by atoms with van der Waals surface area (Å²) in [6.45, 7) is 0.881. The molecule has 3 heteroatoms. The zero-order valence-electron chi connectivity index (χ0n) is 8.52. The minimum absolute atomic E-state index is 0.243. The monoisotopic (exact) mass is 213 g/mol. The fraction of sp³-hybridized carbons (Fsp3) is 0.818. The predicted molar refractivity (Wildman–Crippen MR) is 61.5 cm³/mol. The third-order valence-electron chi connectivity index (χ3n) is 3.03. The average molecular weight is 213 g/mol. The largest absolute Gasteiger partial charge is 0.375 e. The van der Waals surface area contributed by atoms with E-state index in [9.17, 15) is 0 Å². The predicted octanol–water partition coefficient (Wildman–Crippen LogP) is 1.80. The van der Waals surface area contributed by atoms with Gasteiger partial charge in [-0.05, 0) is 25.2 Å². The van der Waals surface area contributed by atoms with Crippen molar-refractivity contribution in [3.05, 3.63) is 12.2 Å². The summed E-state index contributed by atoms with van der Waals surface area (Å²) in [5.41, 5.74) is 6.16. The SMILES string of the molecule is NC(CC1CC=CC1)C1CSCCO1. The molecule has 0 amide bonds. The van der Waals surface area contributed by atoms with Gasteiger partial charge in [0, 0.05) is 17.5 Å². The average Bonchev–Trinajstić information content (AvgIpc) is 2.72. The van der Waals surface area contributed by atoms with Crippen molar-refractivity contribution in [2.45, 2.75) is 31.4 Å². The van der Waals surface area contributed by atoms with E-state index in [1.54, 1.807) is 0 Å². The second kappa shape index (κ2) is 5.19. The molecular weight excluding hydrogens is 194 g/mol. The second-order valence-electron chi connectivity index (χ2n) is 4.19. The molecule has 1 fully saturated rings. The van der Waals surface area contributed by atoms with Gasteiger partial charge in [0.1, 0.15) is 0 Å². The van der Waals surface area contributed by atoms with Crippen LogP contribution in [0.2, 0.25) is 0 Å². The molecule has 80 valence electrons. The third kappa shape index (κ3) is 2.75. The molecule has 0 aromatic carbocycles. The van der Waals surface area contributed by atoms with Gasteiger partial charge in [-0.1, -0.05) is 12.2 Å². The van der Waals surface area contributed by atoms with Crippen molar-refractivity contribution in [3.8, 4) is 0 Å². The van der Waals surface area contributed by atoms with Crippen molar-refractivity contribution in [2.24, 2.45) is 11.7 Å². The number of ether oxygens (including phenoxy) is 1. The van der Waals surface area contributed by atoms with Gasteiger partial charge in [-0.3, -0.25) is 0 Å². The first-order valence-electron chi connectivity index (χ1n) is 5.46. The highest BCUT2D eigenvalue weighted by Crippen LogP contribution is 2.25. The van der Waals surface area contributed by atoms with Crippen LogP contribution in [0.5, 0.6) is 0 Å². The van der Waals surface area contributed by atoms with Crippen LogP contribution in [-0.4, -0.2) is 30.3 Å². The van der Waals surface area contributed by atoms with Gasteiger partial charge in [-0.2, -0.15) is 11.8 Å². The molecule has 1 aliphatic heterocycles. The van der Waals surface area contributed by atoms with E-state index in [2.05, 4.69) is 12.2 Å². The molecule has 2 atom stereocenters. The van der Waals surface area contributed by atoms with Gasteiger partial charge in [0.15, 0.2) is 0 Å². The van der Waals surface area contributed by atoms with Crippen molar-refractivity contribution in [1.82, 2.24) is 0 Å². The Hall–Kier alpha value is 0.01000. The van der Waals surface area contributed by atoms with Crippen LogP contribution in [0.4, 0.5) is 0 Å². The first-order valence-corrected chi connectivity index (χ1v) is 6.61. The van der Waals surface area contributed by atoms with Crippen LogP contribution in [0.25, 0.3) is 0 Å². The molecule has 0 aromatic heterocycles. The highest BCUT2D eigenvalue weighted by atomic mass is 32.2. The molecule has 0 radical (unpaired) electrons. The fourth-order valence-electron chi connectivity index (χ4n) is 2.16. The number of hydrogen-bond donors (Lipinski definition) is 1. The van der Waals surface area contributed by atoms with Gasteiger partial charge in [0.2, 0.25) is 0 Å². The van der Waals surface area contributed by atoms with Gasteiger partial charge in [-0.15, -0.1) is 0 Å². The number of rotatable bonds is 3. The lowest BCUT2D eigenvalue weighted by Gasteiger charge is -2.29. The normalized spacial score (nSPS) is 30.8. The summed E-state index contributed by atoms with van der Waals surface area (Å²) in [7, 11) is 0. The van der Waals surface area contributed by atoms with Crippen LogP contribution in [-0.2, 0) is 4.74 Å². The third-order valence-corrected chi connectivity index (χ3v) is 4.05. The van der Waals surface area contributed by atoms with Gasteiger partial charge in [-0.25, -0.2) is 0 Å². The Kier molecular flexibility index (Phi) is 3.90. The second-order valence-corrected chi connectivity index (χ2v) is 5.34. The molecule has 0 saturated carbocycles. The van der Waals surface area contributed by atoms with Crippen molar-refractivity contribution in [1.29, 1.82) is 0 Å². The number of nitrogens with two attached hydrogens (primary N) is 1. The smallest absolute Gasteiger partial charge is 0.0816 e. The molecule has 0 spiro atoms. The van der Waals surface area contributed by atoms with Crippen LogP contribution in [0, 0.1) is 5.92 Å². The van der Waals surface area contributed by atoms with Crippen molar-refractivity contribution < 1.29 is 4.74 Å². The molecule has 2 nitrogen and oxygen atoms in total. The van der Waals surface area contributed by atoms with E-state index in [1.165, 1.54) is 12.8 Å². The maximum atomic E-state index is 6.16. The number of thioether (sulfide) groups is 1. The van der Waals surface area contributed by atoms with Crippen molar-refractivity contribution >= 4 is 11.8 Å². The minimum Gasteiger partial charge on any atom is -0.375 e. The Morgan fingerprint density at radius 3 is 2.86 bits per heavy atom. The summed E-state index contributed by atoms with van der Waals surface area (Å²) in [5, 5.41) is 0. The van der Waals surface area contributed by atoms with Crippen LogP contribution in [0.15, 0.2) is 12.2 Å². The van der Waals surface area contributed by atoms with Crippen LogP contribution in [0.3, 0.4) is 0 Å². The lowest BCUT2D eigenvalue weighted by Crippen LogP contribution is -2.42. The van der Waals surface area contributed by atoms with Gasteiger partial charge >= 0.3 is 0 Å². The van der Waals surface area contributed by atoms with Gasteiger partial charge < -0.3 is 10.5 Å². The molecule has 1 aliphatic carbocycles. The van der Waals surface area contributed by atoms with E-state index < -0.39 is 0 Å². The van der Waals surface area contributed by atoms with E-state index in [-0.39, 0.29) is 6.04 Å². The van der Waals surface area contributed by atoms with E-state index in [1.807, 2.05) is 11.8 Å². The summed E-state index contributed by atoms with van der Waals surface area (Å²) < 4.78 is 5.68. The lowest BCUT2D eigenvalue weighted by atomic mass is 9.95. The van der Waals surface area contributed by atoms with E-state index in [4.69, 9.17) is 10.5 Å². The zero-order chi connectivity index (χ0) is 9.80. The summed E-state index contributed by atoms with van der Waals surface area (Å²) in [5.74, 6) is 3.00. The Morgan fingerprint density at radius 1 is 1.43 bits per heavy atom. The lowest BCUT2D eigenvalue weighted by molar-refractivity contribution is 0.0513. The quantitative estimate of drug-likeness (QED) is 0.726. The molecule has 2 unspecified atom stereocenters. The Labute approximate surface area is 90.3 Å². The Morgan fingerprint density at radius 2 is 2.21 bits per heavy atom. The van der Waals surface area contributed by atoms with E-state index >= 15 is 0 Å². The van der Waals surface area contributed by atoms with Crippen LogP contribution in [0.1, 0.15) is 19.3 Å². The molecule has 1 heterocycles. The first-order chi connectivity index (χ1) is 6.86. The summed E-state index contributed by atoms with van der Waals surface area (Å²) in [4.78, 5) is 0. The van der Waals surface area contributed by atoms with Crippen molar-refractivity contribution in [2.75, 3.05) is 18.1 Å². The minimum atomic E-state index is 0.243. The van der Waals surface area contributed by atoms with Gasteiger partial charge in [0.05, 0.1) is 12.7 Å². The summed E-state index contributed by atoms with van der Waals surface area (Å²) >= 11 is 1.97. The number of allylic oxidation sites excluding steroid dienone is 2. The topological polar surface area (TPSA) is 35.2 Å². The highest BCUT2D eigenvalue weighted by Gasteiger charge is 2.24. The number of hydrogen-bond acceptors (Lipinski definition) is 3. The Balaban J connectivity index is 1.73. The molecule has 14 heavy (non-hydrogen) atoms. The van der Waals surface area contributed by atoms with Crippen LogP contribution >= 0.6 is 11.8 Å². The maximum absolute atomic E-state index is 6.16. The first kappa shape index (κ1) is 10.5. The molecule has 0 bridgehead atoms. The molecule has 2 N–H and O–H groups in total. The van der Waals surface area contributed by atoms with Crippen LogP contribution < -0.4 is 5.73 Å². The molecule has 2 aliphatic rings. The van der Waals surface area contributed by atoms with E-state index in [0.29, 0.717) is 6.10 Å². The highest BCUT2D eigenvalue weighted by molar-refractivity contribution is 7.99. The molecule has 2 rings (SSSR count). The Bertz CT molecular complexity index is 193. The standard InChI is InChI=1S/C11H19NOS/c12-10(7-9-3-1-2-4-9)11-8-14-6-5-13-11/h1-2,9-11H,3-8,12H2. The molecule has 1 saturated heterocycles. The van der Waals surface area contributed by atoms with Gasteiger partial charge in [0.25, 0.3) is 0 Å². The maximum Gasteiger partial charge on any atom is 0.0816 e.